The molecule has 2 N–H and O–H groups in total. The van der Waals surface area contributed by atoms with Gasteiger partial charge >= 0.3 is 0 Å². The number of rotatable bonds is 5. The fourth-order valence-electron chi connectivity index (χ4n) is 0.878. The van der Waals surface area contributed by atoms with Crippen molar-refractivity contribution in [2.75, 3.05) is 20.2 Å². The van der Waals surface area contributed by atoms with Crippen LogP contribution in [0.2, 0.25) is 0 Å². The first kappa shape index (κ1) is 13.8. The largest absolute Gasteiger partial charge is 0.396 e. The van der Waals surface area contributed by atoms with Crippen LogP contribution in [0.4, 0.5) is 0 Å². The van der Waals surface area contributed by atoms with E-state index in [-0.39, 0.29) is 6.61 Å². The van der Waals surface area contributed by atoms with E-state index in [1.165, 1.54) is 11.4 Å². The first-order chi connectivity index (χ1) is 6.19. The van der Waals surface area contributed by atoms with E-state index in [4.69, 9.17) is 5.11 Å². The van der Waals surface area contributed by atoms with Gasteiger partial charge in [0, 0.05) is 25.7 Å². The van der Waals surface area contributed by atoms with E-state index in [1.54, 1.807) is 20.8 Å². The molecule has 86 valence electrons. The molecule has 0 fully saturated rings. The molecule has 0 aromatic heterocycles. The zero-order valence-corrected chi connectivity index (χ0v) is 10.1. The molecule has 0 bridgehead atoms. The van der Waals surface area contributed by atoms with E-state index in [9.17, 15) is 8.42 Å². The van der Waals surface area contributed by atoms with Gasteiger partial charge in [-0.15, -0.1) is 0 Å². The number of aliphatic hydroxyl groups is 1. The maximum absolute atomic E-state index is 11.6. The Morgan fingerprint density at radius 1 is 1.36 bits per heavy atom. The van der Waals surface area contributed by atoms with E-state index in [0.717, 1.165) is 0 Å². The van der Waals surface area contributed by atoms with Gasteiger partial charge in [-0.3, -0.25) is 0 Å². The number of hydrogen-bond donors (Lipinski definition) is 2. The number of aliphatic hydroxyl groups excluding tert-OH is 1. The van der Waals surface area contributed by atoms with Gasteiger partial charge < -0.3 is 5.11 Å². The van der Waals surface area contributed by atoms with Gasteiger partial charge in [-0.25, -0.2) is 0 Å². The summed E-state index contributed by atoms with van der Waals surface area (Å²) in [6.07, 6.45) is 0.446. The van der Waals surface area contributed by atoms with Gasteiger partial charge in [0.2, 0.25) is 0 Å². The SMILES string of the molecule is CN(CCCO)S(=O)(=O)NC(C)(C)C. The molecule has 0 aliphatic heterocycles. The van der Waals surface area contributed by atoms with E-state index in [1.807, 2.05) is 0 Å². The summed E-state index contributed by atoms with van der Waals surface area (Å²) in [6, 6.07) is 0. The van der Waals surface area contributed by atoms with Crippen molar-refractivity contribution >= 4 is 10.2 Å². The Labute approximate surface area is 86.3 Å². The molecule has 0 aliphatic carbocycles. The van der Waals surface area contributed by atoms with Crippen molar-refractivity contribution < 1.29 is 13.5 Å². The minimum Gasteiger partial charge on any atom is -0.396 e. The molecule has 0 unspecified atom stereocenters. The molecule has 0 aromatic rings. The van der Waals surface area contributed by atoms with Crippen LogP contribution in [0, 0.1) is 0 Å². The van der Waals surface area contributed by atoms with Crippen LogP contribution >= 0.6 is 0 Å². The Balaban J connectivity index is 4.32. The van der Waals surface area contributed by atoms with Crippen molar-refractivity contribution in [3.63, 3.8) is 0 Å². The lowest BCUT2D eigenvalue weighted by Crippen LogP contribution is -2.47. The molecule has 0 aliphatic rings. The van der Waals surface area contributed by atoms with Gasteiger partial charge in [0.1, 0.15) is 0 Å². The fraction of sp³-hybridized carbons (Fsp3) is 1.00. The third kappa shape index (κ3) is 5.54. The minimum absolute atomic E-state index is 0.00459. The molecule has 0 atom stereocenters. The molecular weight excluding hydrogens is 204 g/mol. The highest BCUT2D eigenvalue weighted by atomic mass is 32.2. The normalized spacial score (nSPS) is 13.6. The second-order valence-corrected chi connectivity index (χ2v) is 6.03. The number of nitrogens with one attached hydrogen (secondary N) is 1. The van der Waals surface area contributed by atoms with E-state index >= 15 is 0 Å². The summed E-state index contributed by atoms with van der Waals surface area (Å²) in [4.78, 5) is 0. The number of hydrogen-bond acceptors (Lipinski definition) is 3. The summed E-state index contributed by atoms with van der Waals surface area (Å²) < 4.78 is 26.9. The number of nitrogens with zero attached hydrogens (tertiary/aromatic N) is 1. The molecule has 0 amide bonds. The van der Waals surface area contributed by atoms with Crippen LogP contribution in [-0.4, -0.2) is 43.6 Å². The van der Waals surface area contributed by atoms with Crippen LogP contribution in [0.25, 0.3) is 0 Å². The summed E-state index contributed by atoms with van der Waals surface area (Å²) in [7, 11) is -1.93. The monoisotopic (exact) mass is 224 g/mol. The van der Waals surface area contributed by atoms with Crippen LogP contribution in [0.1, 0.15) is 27.2 Å². The second kappa shape index (κ2) is 5.06. The molecule has 0 saturated carbocycles. The van der Waals surface area contributed by atoms with Crippen LogP contribution in [0.15, 0.2) is 0 Å². The van der Waals surface area contributed by atoms with Crippen LogP contribution in [-0.2, 0) is 10.2 Å². The van der Waals surface area contributed by atoms with Gasteiger partial charge in [0.05, 0.1) is 0 Å². The predicted octanol–water partition coefficient (Wildman–Crippen LogP) is -0.0665. The molecule has 5 nitrogen and oxygen atoms in total. The van der Waals surface area contributed by atoms with Crippen LogP contribution < -0.4 is 4.72 Å². The summed E-state index contributed by atoms with van der Waals surface area (Å²) in [6.45, 7) is 5.66. The second-order valence-electron chi connectivity index (χ2n) is 4.26. The van der Waals surface area contributed by atoms with Crippen LogP contribution in [0.5, 0.6) is 0 Å². The van der Waals surface area contributed by atoms with Crippen molar-refractivity contribution in [2.24, 2.45) is 0 Å². The Kier molecular flexibility index (Phi) is 5.00. The Morgan fingerprint density at radius 2 is 1.86 bits per heavy atom. The summed E-state index contributed by atoms with van der Waals surface area (Å²) in [5.41, 5.74) is -0.480. The van der Waals surface area contributed by atoms with E-state index in [0.29, 0.717) is 13.0 Å². The van der Waals surface area contributed by atoms with E-state index < -0.39 is 15.7 Å². The lowest BCUT2D eigenvalue weighted by molar-refractivity contribution is 0.274. The zero-order valence-electron chi connectivity index (χ0n) is 9.24. The molecule has 0 rings (SSSR count). The fourth-order valence-corrected chi connectivity index (χ4v) is 2.18. The lowest BCUT2D eigenvalue weighted by atomic mass is 10.1. The molecule has 0 saturated heterocycles. The van der Waals surface area contributed by atoms with Gasteiger partial charge in [-0.2, -0.15) is 17.4 Å². The quantitative estimate of drug-likeness (QED) is 0.687. The first-order valence-electron chi connectivity index (χ1n) is 4.55. The predicted molar refractivity (Wildman–Crippen MR) is 56.1 cm³/mol. The first-order valence-corrected chi connectivity index (χ1v) is 5.99. The van der Waals surface area contributed by atoms with Crippen LogP contribution in [0.3, 0.4) is 0 Å². The summed E-state index contributed by atoms with van der Waals surface area (Å²) in [5.74, 6) is 0. The van der Waals surface area contributed by atoms with Crippen molar-refractivity contribution in [2.45, 2.75) is 32.7 Å². The molecule has 0 spiro atoms. The third-order valence-electron chi connectivity index (χ3n) is 1.48. The molecule has 6 heteroatoms. The van der Waals surface area contributed by atoms with Gasteiger partial charge in [-0.1, -0.05) is 0 Å². The maximum atomic E-state index is 11.6. The molecule has 0 aromatic carbocycles. The minimum atomic E-state index is -3.42. The Hall–Kier alpha value is -0.170. The van der Waals surface area contributed by atoms with Crippen molar-refractivity contribution in [3.05, 3.63) is 0 Å². The van der Waals surface area contributed by atoms with Gasteiger partial charge in [-0.05, 0) is 27.2 Å². The zero-order chi connectivity index (χ0) is 11.4. The molecule has 0 heterocycles. The highest BCUT2D eigenvalue weighted by Gasteiger charge is 2.23. The van der Waals surface area contributed by atoms with Crippen molar-refractivity contribution in [1.82, 2.24) is 9.03 Å². The Bertz CT molecular complexity index is 256. The highest BCUT2D eigenvalue weighted by molar-refractivity contribution is 7.87. The van der Waals surface area contributed by atoms with Gasteiger partial charge in [0.15, 0.2) is 0 Å². The molecular formula is C8H20N2O3S. The molecule has 0 radical (unpaired) electrons. The molecule has 14 heavy (non-hydrogen) atoms. The topological polar surface area (TPSA) is 69.6 Å². The van der Waals surface area contributed by atoms with Crippen molar-refractivity contribution in [1.29, 1.82) is 0 Å². The van der Waals surface area contributed by atoms with E-state index in [2.05, 4.69) is 4.72 Å². The Morgan fingerprint density at radius 3 is 2.21 bits per heavy atom. The standard InChI is InChI=1S/C8H20N2O3S/c1-8(2,3)9-14(12,13)10(4)6-5-7-11/h9,11H,5-7H2,1-4H3. The summed E-state index contributed by atoms with van der Waals surface area (Å²) in [5, 5.41) is 8.57. The highest BCUT2D eigenvalue weighted by Crippen LogP contribution is 2.05. The lowest BCUT2D eigenvalue weighted by Gasteiger charge is -2.25. The summed E-state index contributed by atoms with van der Waals surface area (Å²) >= 11 is 0. The average Bonchev–Trinajstić information content (AvgIpc) is 1.95. The van der Waals surface area contributed by atoms with Crippen molar-refractivity contribution in [3.8, 4) is 0 Å². The van der Waals surface area contributed by atoms with Gasteiger partial charge in [0.25, 0.3) is 10.2 Å². The smallest absolute Gasteiger partial charge is 0.279 e. The third-order valence-corrected chi connectivity index (χ3v) is 3.35. The average molecular weight is 224 g/mol. The maximum Gasteiger partial charge on any atom is 0.279 e.